The monoisotopic (exact) mass is 764 g/mol. The molecule has 2 aliphatic rings. The molecule has 4 rings (SSSR count). The third kappa shape index (κ3) is 9.96. The summed E-state index contributed by atoms with van der Waals surface area (Å²) in [5, 5.41) is 18.9. The number of carbonyl (C=O) groups is 3. The lowest BCUT2D eigenvalue weighted by Crippen LogP contribution is -2.62. The summed E-state index contributed by atoms with van der Waals surface area (Å²) in [5.41, 5.74) is 12.4. The summed E-state index contributed by atoms with van der Waals surface area (Å²) in [6.07, 6.45) is 6.36. The molecule has 0 radical (unpaired) electrons. The highest BCUT2D eigenvalue weighted by atomic mass is 32.2. The lowest BCUT2D eigenvalue weighted by Gasteiger charge is -2.59. The van der Waals surface area contributed by atoms with Gasteiger partial charge in [-0.2, -0.15) is 0 Å². The van der Waals surface area contributed by atoms with Crippen molar-refractivity contribution in [2.75, 3.05) is 25.4 Å². The minimum Gasteiger partial charge on any atom is -0.461 e. The van der Waals surface area contributed by atoms with Crippen molar-refractivity contribution in [3.8, 4) is 0 Å². The van der Waals surface area contributed by atoms with Crippen molar-refractivity contribution < 1.29 is 24.2 Å². The van der Waals surface area contributed by atoms with E-state index in [0.717, 1.165) is 67.5 Å². The van der Waals surface area contributed by atoms with E-state index in [9.17, 15) is 19.5 Å². The van der Waals surface area contributed by atoms with Gasteiger partial charge in [0.05, 0.1) is 11.9 Å². The number of Topliss-reactive ketones (excluding diaryl/α,β-unsaturated/α-hetero) is 1. The molecule has 2 fully saturated rings. The number of unbranched alkanes of at least 4 members (excludes halogenated alkanes) is 3. The van der Waals surface area contributed by atoms with Crippen LogP contribution in [-0.2, 0) is 27.4 Å². The Balaban J connectivity index is 1.51. The van der Waals surface area contributed by atoms with Crippen molar-refractivity contribution in [2.24, 2.45) is 45.5 Å². The van der Waals surface area contributed by atoms with Gasteiger partial charge in [0.15, 0.2) is 0 Å². The van der Waals surface area contributed by atoms with Crippen LogP contribution in [0, 0.1) is 34.0 Å². The molecule has 0 bridgehead atoms. The molecule has 0 spiro atoms. The number of fused-ring (bicyclic) bond motifs is 1. The van der Waals surface area contributed by atoms with Crippen LogP contribution in [0.15, 0.2) is 53.4 Å². The molecule has 2 saturated carbocycles. The number of carbonyl (C=O) groups excluding carboxylic acids is 3. The Morgan fingerprint density at radius 3 is 2.30 bits per heavy atom. The van der Waals surface area contributed by atoms with E-state index in [0.29, 0.717) is 44.6 Å². The zero-order valence-corrected chi connectivity index (χ0v) is 34.6. The zero-order valence-electron chi connectivity index (χ0n) is 33.8. The summed E-state index contributed by atoms with van der Waals surface area (Å²) in [5.74, 6) is -0.497. The first kappa shape index (κ1) is 44.0. The van der Waals surface area contributed by atoms with Gasteiger partial charge in [0.25, 0.3) is 5.91 Å². The maximum absolute atomic E-state index is 14.1. The van der Waals surface area contributed by atoms with Gasteiger partial charge in [0, 0.05) is 53.3 Å². The highest BCUT2D eigenvalue weighted by Gasteiger charge is 2.65. The van der Waals surface area contributed by atoms with Crippen molar-refractivity contribution in [2.45, 2.75) is 130 Å². The Bertz CT molecular complexity index is 1520. The van der Waals surface area contributed by atoms with E-state index < -0.39 is 23.0 Å². The molecule has 8 atom stereocenters. The van der Waals surface area contributed by atoms with Gasteiger partial charge < -0.3 is 31.9 Å². The molecular weight excluding hydrogens is 697 g/mol. The first-order chi connectivity index (χ1) is 25.8. The predicted molar refractivity (Wildman–Crippen MR) is 219 cm³/mol. The first-order valence-electron chi connectivity index (χ1n) is 20.4. The van der Waals surface area contributed by atoms with Gasteiger partial charge in [-0.1, -0.05) is 85.1 Å². The number of aliphatic hydroxyl groups excluding tert-OH is 1. The highest BCUT2D eigenvalue weighted by Crippen LogP contribution is 2.64. The number of thioether (sulfide) groups is 1. The van der Waals surface area contributed by atoms with E-state index in [4.69, 9.17) is 16.2 Å². The third-order valence-corrected chi connectivity index (χ3v) is 14.4. The second-order valence-corrected chi connectivity index (χ2v) is 17.7. The first-order valence-corrected chi connectivity index (χ1v) is 21.4. The maximum atomic E-state index is 14.1. The zero-order chi connectivity index (χ0) is 39.5. The fourth-order valence-corrected chi connectivity index (χ4v) is 10.3. The largest absolute Gasteiger partial charge is 0.461 e. The van der Waals surface area contributed by atoms with Crippen LogP contribution in [0.5, 0.6) is 0 Å². The van der Waals surface area contributed by atoms with Crippen LogP contribution in [0.25, 0.3) is 0 Å². The van der Waals surface area contributed by atoms with E-state index in [2.05, 4.69) is 52.2 Å². The Morgan fingerprint density at radius 1 is 1.00 bits per heavy atom. The Labute approximate surface area is 328 Å². The number of benzene rings is 2. The van der Waals surface area contributed by atoms with Crippen LogP contribution in [-0.4, -0.2) is 60.4 Å². The molecule has 2 aliphatic carbocycles. The summed E-state index contributed by atoms with van der Waals surface area (Å²) in [6, 6.07) is 15.1. The molecule has 1 unspecified atom stereocenters. The minimum atomic E-state index is -0.680. The van der Waals surface area contributed by atoms with E-state index in [1.54, 1.807) is 12.1 Å². The number of rotatable bonds is 19. The van der Waals surface area contributed by atoms with Gasteiger partial charge in [0.1, 0.15) is 11.9 Å². The quantitative estimate of drug-likeness (QED) is 0.0576. The molecule has 7 N–H and O–H groups in total. The molecule has 0 aromatic heterocycles. The molecule has 1 amide bonds. The number of ketones is 1. The predicted octanol–water partition coefficient (Wildman–Crippen LogP) is 7.02. The lowest BCUT2D eigenvalue weighted by molar-refractivity contribution is -0.196. The van der Waals surface area contributed by atoms with Gasteiger partial charge in [-0.15, -0.1) is 11.8 Å². The Morgan fingerprint density at radius 2 is 1.67 bits per heavy atom. The van der Waals surface area contributed by atoms with E-state index in [1.165, 1.54) is 11.8 Å². The Kier molecular flexibility index (Phi) is 16.2. The summed E-state index contributed by atoms with van der Waals surface area (Å²) in [7, 11) is 0. The van der Waals surface area contributed by atoms with E-state index >= 15 is 0 Å². The number of nitrogens with one attached hydrogen (secondary N) is 2. The molecule has 300 valence electrons. The average molecular weight is 765 g/mol. The molecule has 9 nitrogen and oxygen atoms in total. The minimum absolute atomic E-state index is 0.0890. The summed E-state index contributed by atoms with van der Waals surface area (Å²) in [6.45, 7) is 16.0. The molecule has 54 heavy (non-hydrogen) atoms. The molecule has 2 aromatic rings. The standard InChI is InChI=1S/C44H68N4O5S/c1-7-30(3)43(6)37(53-38(50)28-54-35-19-17-34(18-20-35)41(52)48-27-33-15-13-32(26-46)14-16-33)25-42(5,29-47-24-12-10-9-11-23-45)40(51)31(4)44(8-2)22-21-36(49)39(43)44/h13-20,30-31,37,39-40,47,51H,7-12,21-29,45-46H2,1-6H3,(H,48,52)/t30-,31+,37-,39?,40+,42-,43+,44+/m1/s1. The number of aliphatic hydroxyl groups is 1. The molecule has 0 saturated heterocycles. The topological polar surface area (TPSA) is 157 Å². The number of hydrogen-bond acceptors (Lipinski definition) is 9. The molecule has 0 aliphatic heterocycles. The van der Waals surface area contributed by atoms with Gasteiger partial charge in [-0.25, -0.2) is 0 Å². The van der Waals surface area contributed by atoms with Gasteiger partial charge in [0.2, 0.25) is 0 Å². The summed E-state index contributed by atoms with van der Waals surface area (Å²) >= 11 is 1.37. The second kappa shape index (κ2) is 19.9. The van der Waals surface area contributed by atoms with Crippen molar-refractivity contribution >= 4 is 29.4 Å². The van der Waals surface area contributed by atoms with E-state index in [-0.39, 0.29) is 46.6 Å². The normalized spacial score (nSPS) is 28.9. The third-order valence-electron chi connectivity index (χ3n) is 13.4. The average Bonchev–Trinajstić information content (AvgIpc) is 3.54. The smallest absolute Gasteiger partial charge is 0.316 e. The number of esters is 1. The number of ether oxygens (including phenoxy) is 1. The summed E-state index contributed by atoms with van der Waals surface area (Å²) in [4.78, 5) is 41.7. The van der Waals surface area contributed by atoms with Crippen molar-refractivity contribution in [1.82, 2.24) is 10.6 Å². The van der Waals surface area contributed by atoms with Gasteiger partial charge >= 0.3 is 5.97 Å². The van der Waals surface area contributed by atoms with Gasteiger partial charge in [-0.05, 0) is 97.8 Å². The fraction of sp³-hybridized carbons (Fsp3) is 0.659. The molecule has 10 heteroatoms. The SMILES string of the molecule is CC[C@@H](C)[C@]1(C)C2C(=O)CC[C@@]2(CC)[C@@H](C)[C@H](O)[C@@](C)(CNCCCCCCN)C[C@H]1OC(=O)CSc1ccc(C(=O)NCc2ccc(CN)cc2)cc1. The fourth-order valence-electron chi connectivity index (χ4n) is 9.62. The van der Waals surface area contributed by atoms with Crippen molar-refractivity contribution in [3.05, 3.63) is 65.2 Å². The highest BCUT2D eigenvalue weighted by molar-refractivity contribution is 8.00. The van der Waals surface area contributed by atoms with Crippen molar-refractivity contribution in [1.29, 1.82) is 0 Å². The van der Waals surface area contributed by atoms with E-state index in [1.807, 2.05) is 36.4 Å². The van der Waals surface area contributed by atoms with Crippen LogP contribution in [0.4, 0.5) is 0 Å². The van der Waals surface area contributed by atoms with Crippen LogP contribution in [0.1, 0.15) is 121 Å². The molecule has 0 heterocycles. The number of hydrogen-bond donors (Lipinski definition) is 5. The molecular formula is C44H68N4O5S. The second-order valence-electron chi connectivity index (χ2n) is 16.6. The van der Waals surface area contributed by atoms with Crippen molar-refractivity contribution in [3.63, 3.8) is 0 Å². The van der Waals surface area contributed by atoms with Crippen LogP contribution >= 0.6 is 11.8 Å². The number of amides is 1. The lowest BCUT2D eigenvalue weighted by atomic mass is 9.47. The van der Waals surface area contributed by atoms with Crippen LogP contribution in [0.2, 0.25) is 0 Å². The number of nitrogens with two attached hydrogens (primary N) is 2. The Hall–Kier alpha value is -2.76. The summed E-state index contributed by atoms with van der Waals surface area (Å²) < 4.78 is 6.60. The maximum Gasteiger partial charge on any atom is 0.316 e. The van der Waals surface area contributed by atoms with Crippen LogP contribution in [0.3, 0.4) is 0 Å². The molecule has 2 aromatic carbocycles. The van der Waals surface area contributed by atoms with Gasteiger partial charge in [-0.3, -0.25) is 14.4 Å². The van der Waals surface area contributed by atoms with Crippen LogP contribution < -0.4 is 22.1 Å².